The Bertz CT molecular complexity index is 353. The molecule has 1 saturated heterocycles. The van der Waals surface area contributed by atoms with E-state index in [0.717, 1.165) is 5.56 Å². The fourth-order valence-electron chi connectivity index (χ4n) is 1.99. The standard InChI is InChI=1S/C12H16N2O2/c15-9-11(14-7-6-13-12(14)16)8-10-4-2-1-3-5-10/h1-5,11,15H,6-9H2,(H,13,16)/t11-/m0/s1. The molecule has 1 heterocycles. The molecule has 1 fully saturated rings. The molecule has 2 rings (SSSR count). The molecule has 86 valence electrons. The largest absolute Gasteiger partial charge is 0.394 e. The van der Waals surface area contributed by atoms with Crippen molar-refractivity contribution in [1.29, 1.82) is 0 Å². The number of nitrogens with one attached hydrogen (secondary N) is 1. The van der Waals surface area contributed by atoms with E-state index >= 15 is 0 Å². The maximum Gasteiger partial charge on any atom is 0.317 e. The summed E-state index contributed by atoms with van der Waals surface area (Å²) in [6, 6.07) is 9.72. The predicted molar refractivity (Wildman–Crippen MR) is 61.1 cm³/mol. The van der Waals surface area contributed by atoms with Gasteiger partial charge in [-0.1, -0.05) is 30.3 Å². The van der Waals surface area contributed by atoms with Gasteiger partial charge in [0.1, 0.15) is 0 Å². The molecule has 2 amide bonds. The SMILES string of the molecule is O=C1NCCN1[C@H](CO)Cc1ccccc1. The summed E-state index contributed by atoms with van der Waals surface area (Å²) < 4.78 is 0. The average Bonchev–Trinajstić information content (AvgIpc) is 2.74. The molecule has 0 saturated carbocycles. The number of amides is 2. The van der Waals surface area contributed by atoms with E-state index in [0.29, 0.717) is 19.5 Å². The zero-order valence-electron chi connectivity index (χ0n) is 9.10. The van der Waals surface area contributed by atoms with Gasteiger partial charge in [-0.2, -0.15) is 0 Å². The first kappa shape index (κ1) is 11.0. The lowest BCUT2D eigenvalue weighted by atomic mass is 10.1. The molecule has 1 aromatic rings. The van der Waals surface area contributed by atoms with Gasteiger partial charge in [-0.05, 0) is 12.0 Å². The van der Waals surface area contributed by atoms with Gasteiger partial charge in [0.2, 0.25) is 0 Å². The molecule has 16 heavy (non-hydrogen) atoms. The topological polar surface area (TPSA) is 52.6 Å². The number of hydrogen-bond donors (Lipinski definition) is 2. The normalized spacial score (nSPS) is 17.3. The number of aliphatic hydroxyl groups excluding tert-OH is 1. The summed E-state index contributed by atoms with van der Waals surface area (Å²) in [5.74, 6) is 0. The Balaban J connectivity index is 2.03. The van der Waals surface area contributed by atoms with Crippen molar-refractivity contribution in [3.63, 3.8) is 0 Å². The van der Waals surface area contributed by atoms with Gasteiger partial charge in [0.25, 0.3) is 0 Å². The van der Waals surface area contributed by atoms with Crippen molar-refractivity contribution >= 4 is 6.03 Å². The second-order valence-corrected chi connectivity index (χ2v) is 3.95. The lowest BCUT2D eigenvalue weighted by molar-refractivity contribution is 0.151. The van der Waals surface area contributed by atoms with Gasteiger partial charge in [0.05, 0.1) is 12.6 Å². The quantitative estimate of drug-likeness (QED) is 0.781. The molecule has 1 aliphatic heterocycles. The van der Waals surface area contributed by atoms with Crippen LogP contribution in [-0.2, 0) is 6.42 Å². The van der Waals surface area contributed by atoms with Gasteiger partial charge in [-0.25, -0.2) is 4.79 Å². The first-order valence-corrected chi connectivity index (χ1v) is 5.50. The molecule has 4 nitrogen and oxygen atoms in total. The Morgan fingerprint density at radius 1 is 1.38 bits per heavy atom. The van der Waals surface area contributed by atoms with Crippen LogP contribution < -0.4 is 5.32 Å². The van der Waals surface area contributed by atoms with E-state index in [9.17, 15) is 9.90 Å². The molecule has 0 aromatic heterocycles. The van der Waals surface area contributed by atoms with Crippen LogP contribution >= 0.6 is 0 Å². The maximum atomic E-state index is 11.5. The third-order valence-corrected chi connectivity index (χ3v) is 2.86. The minimum Gasteiger partial charge on any atom is -0.394 e. The monoisotopic (exact) mass is 220 g/mol. The van der Waals surface area contributed by atoms with Crippen LogP contribution in [-0.4, -0.2) is 41.8 Å². The molecule has 2 N–H and O–H groups in total. The van der Waals surface area contributed by atoms with Gasteiger partial charge < -0.3 is 15.3 Å². The summed E-state index contributed by atoms with van der Waals surface area (Å²) >= 11 is 0. The third-order valence-electron chi connectivity index (χ3n) is 2.86. The fraction of sp³-hybridized carbons (Fsp3) is 0.417. The van der Waals surface area contributed by atoms with Crippen molar-refractivity contribution in [2.75, 3.05) is 19.7 Å². The highest BCUT2D eigenvalue weighted by Gasteiger charge is 2.27. The van der Waals surface area contributed by atoms with Gasteiger partial charge in [-0.3, -0.25) is 0 Å². The lowest BCUT2D eigenvalue weighted by Gasteiger charge is -2.24. The molecule has 1 aliphatic rings. The summed E-state index contributed by atoms with van der Waals surface area (Å²) in [5.41, 5.74) is 1.14. The number of benzene rings is 1. The molecule has 0 bridgehead atoms. The van der Waals surface area contributed by atoms with Crippen molar-refractivity contribution in [2.45, 2.75) is 12.5 Å². The maximum absolute atomic E-state index is 11.5. The summed E-state index contributed by atoms with van der Waals surface area (Å²) in [5, 5.41) is 12.1. The summed E-state index contributed by atoms with van der Waals surface area (Å²) in [4.78, 5) is 13.2. The van der Waals surface area contributed by atoms with Gasteiger partial charge in [0, 0.05) is 13.1 Å². The van der Waals surface area contributed by atoms with Crippen molar-refractivity contribution in [2.24, 2.45) is 0 Å². The molecule has 1 atom stereocenters. The highest BCUT2D eigenvalue weighted by atomic mass is 16.3. The van der Waals surface area contributed by atoms with E-state index in [1.807, 2.05) is 30.3 Å². The number of aliphatic hydroxyl groups is 1. The summed E-state index contributed by atoms with van der Waals surface area (Å²) in [6.07, 6.45) is 0.699. The van der Waals surface area contributed by atoms with Gasteiger partial charge >= 0.3 is 6.03 Å². The number of carbonyl (C=O) groups excluding carboxylic acids is 1. The molecular formula is C12H16N2O2. The molecule has 4 heteroatoms. The molecule has 0 spiro atoms. The smallest absolute Gasteiger partial charge is 0.317 e. The Morgan fingerprint density at radius 2 is 2.12 bits per heavy atom. The number of rotatable bonds is 4. The van der Waals surface area contributed by atoms with Crippen LogP contribution in [0.2, 0.25) is 0 Å². The highest BCUT2D eigenvalue weighted by Crippen LogP contribution is 2.11. The van der Waals surface area contributed by atoms with Crippen LogP contribution in [0.25, 0.3) is 0 Å². The Kier molecular flexibility index (Phi) is 3.41. The van der Waals surface area contributed by atoms with Crippen LogP contribution in [0, 0.1) is 0 Å². The van der Waals surface area contributed by atoms with E-state index < -0.39 is 0 Å². The van der Waals surface area contributed by atoms with Crippen molar-refractivity contribution in [3.05, 3.63) is 35.9 Å². The van der Waals surface area contributed by atoms with E-state index in [4.69, 9.17) is 0 Å². The second-order valence-electron chi connectivity index (χ2n) is 3.95. The van der Waals surface area contributed by atoms with E-state index in [-0.39, 0.29) is 18.7 Å². The third kappa shape index (κ3) is 2.33. The van der Waals surface area contributed by atoms with Crippen LogP contribution in [0.4, 0.5) is 4.79 Å². The Hall–Kier alpha value is -1.55. The second kappa shape index (κ2) is 4.99. The van der Waals surface area contributed by atoms with Crippen molar-refractivity contribution in [1.82, 2.24) is 10.2 Å². The Morgan fingerprint density at radius 3 is 2.69 bits per heavy atom. The zero-order valence-corrected chi connectivity index (χ0v) is 9.10. The first-order valence-electron chi connectivity index (χ1n) is 5.50. The minimum absolute atomic E-state index is 0.00230. The highest BCUT2D eigenvalue weighted by molar-refractivity contribution is 5.76. The van der Waals surface area contributed by atoms with Crippen LogP contribution in [0.1, 0.15) is 5.56 Å². The van der Waals surface area contributed by atoms with Crippen LogP contribution in [0.15, 0.2) is 30.3 Å². The van der Waals surface area contributed by atoms with Crippen LogP contribution in [0.5, 0.6) is 0 Å². The van der Waals surface area contributed by atoms with Crippen molar-refractivity contribution < 1.29 is 9.90 Å². The lowest BCUT2D eigenvalue weighted by Crippen LogP contribution is -2.41. The molecule has 0 unspecified atom stereocenters. The molecule has 0 radical (unpaired) electrons. The molecule has 0 aliphatic carbocycles. The molecular weight excluding hydrogens is 204 g/mol. The number of nitrogens with zero attached hydrogens (tertiary/aromatic N) is 1. The summed E-state index contributed by atoms with van der Waals surface area (Å²) in [7, 11) is 0. The van der Waals surface area contributed by atoms with Crippen molar-refractivity contribution in [3.8, 4) is 0 Å². The predicted octanol–water partition coefficient (Wildman–Crippen LogP) is 0.615. The van der Waals surface area contributed by atoms with E-state index in [2.05, 4.69) is 5.32 Å². The summed E-state index contributed by atoms with van der Waals surface area (Å²) in [6.45, 7) is 1.35. The molecule has 1 aromatic carbocycles. The zero-order chi connectivity index (χ0) is 11.4. The fourth-order valence-corrected chi connectivity index (χ4v) is 1.99. The number of carbonyl (C=O) groups is 1. The Labute approximate surface area is 94.9 Å². The number of hydrogen-bond acceptors (Lipinski definition) is 2. The minimum atomic E-state index is -0.120. The average molecular weight is 220 g/mol. The number of urea groups is 1. The van der Waals surface area contributed by atoms with Crippen LogP contribution in [0.3, 0.4) is 0 Å². The van der Waals surface area contributed by atoms with Gasteiger partial charge in [0.15, 0.2) is 0 Å². The van der Waals surface area contributed by atoms with Gasteiger partial charge in [-0.15, -0.1) is 0 Å². The van der Waals surface area contributed by atoms with E-state index in [1.165, 1.54) is 0 Å². The van der Waals surface area contributed by atoms with E-state index in [1.54, 1.807) is 4.90 Å². The first-order chi connectivity index (χ1) is 7.81.